The number of aliphatic hydroxyl groups excluding tert-OH is 1. The first-order chi connectivity index (χ1) is 9.24. The summed E-state index contributed by atoms with van der Waals surface area (Å²) in [4.78, 5) is 2.30. The van der Waals surface area contributed by atoms with Gasteiger partial charge in [-0.1, -0.05) is 22.0 Å². The Bertz CT molecular complexity index is 390. The number of hydrogen-bond donors (Lipinski definition) is 2. The predicted octanol–water partition coefficient (Wildman–Crippen LogP) is 2.31. The van der Waals surface area contributed by atoms with Gasteiger partial charge in [0.15, 0.2) is 0 Å². The minimum atomic E-state index is -0.171. The molecular formula is C14H20BrFN2O. The van der Waals surface area contributed by atoms with Crippen LogP contribution in [0.1, 0.15) is 24.4 Å². The summed E-state index contributed by atoms with van der Waals surface area (Å²) in [7, 11) is 0. The van der Waals surface area contributed by atoms with Crippen LogP contribution in [0, 0.1) is 5.82 Å². The van der Waals surface area contributed by atoms with Crippen LogP contribution >= 0.6 is 15.9 Å². The van der Waals surface area contributed by atoms with Crippen LogP contribution < -0.4 is 5.32 Å². The Morgan fingerprint density at radius 3 is 2.74 bits per heavy atom. The average Bonchev–Trinajstić information content (AvgIpc) is 2.43. The summed E-state index contributed by atoms with van der Waals surface area (Å²) in [5.74, 6) is -0.171. The van der Waals surface area contributed by atoms with Gasteiger partial charge >= 0.3 is 0 Å². The number of benzene rings is 1. The van der Waals surface area contributed by atoms with Crippen LogP contribution in [-0.4, -0.2) is 42.8 Å². The van der Waals surface area contributed by atoms with Crippen molar-refractivity contribution in [3.63, 3.8) is 0 Å². The van der Waals surface area contributed by atoms with Crippen LogP contribution in [-0.2, 0) is 0 Å². The second-order valence-electron chi connectivity index (χ2n) is 4.80. The summed E-state index contributed by atoms with van der Waals surface area (Å²) in [6.45, 7) is 3.84. The van der Waals surface area contributed by atoms with E-state index in [9.17, 15) is 4.39 Å². The van der Waals surface area contributed by atoms with E-state index in [1.54, 1.807) is 6.07 Å². The van der Waals surface area contributed by atoms with E-state index in [4.69, 9.17) is 5.11 Å². The molecule has 1 saturated heterocycles. The molecule has 106 valence electrons. The third-order valence-corrected chi connectivity index (χ3v) is 4.25. The molecule has 1 aromatic carbocycles. The second-order valence-corrected chi connectivity index (χ2v) is 5.66. The van der Waals surface area contributed by atoms with Gasteiger partial charge in [0.1, 0.15) is 5.82 Å². The third-order valence-electron chi connectivity index (χ3n) is 3.56. The highest BCUT2D eigenvalue weighted by atomic mass is 79.9. The molecule has 1 fully saturated rings. The number of aliphatic hydroxyl groups is 1. The molecule has 0 aromatic heterocycles. The van der Waals surface area contributed by atoms with Crippen LogP contribution in [0.3, 0.4) is 0 Å². The molecule has 2 N–H and O–H groups in total. The molecule has 0 aliphatic carbocycles. The Hall–Kier alpha value is -0.490. The number of rotatable bonds is 5. The molecule has 0 amide bonds. The molecule has 0 radical (unpaired) electrons. The Kier molecular flexibility index (Phi) is 5.76. The van der Waals surface area contributed by atoms with Crippen molar-refractivity contribution in [3.05, 3.63) is 34.1 Å². The fourth-order valence-electron chi connectivity index (χ4n) is 2.62. The van der Waals surface area contributed by atoms with Gasteiger partial charge in [-0.3, -0.25) is 4.90 Å². The van der Waals surface area contributed by atoms with Crippen molar-refractivity contribution < 1.29 is 9.50 Å². The highest BCUT2D eigenvalue weighted by Gasteiger charge is 2.25. The van der Waals surface area contributed by atoms with Crippen LogP contribution in [0.4, 0.5) is 4.39 Å². The fraction of sp³-hybridized carbons (Fsp3) is 0.571. The van der Waals surface area contributed by atoms with Crippen LogP contribution in [0.5, 0.6) is 0 Å². The molecule has 0 bridgehead atoms. The van der Waals surface area contributed by atoms with Crippen LogP contribution in [0.2, 0.25) is 0 Å². The van der Waals surface area contributed by atoms with E-state index >= 15 is 0 Å². The van der Waals surface area contributed by atoms with Crippen molar-refractivity contribution in [2.45, 2.75) is 18.9 Å². The molecule has 1 atom stereocenters. The minimum Gasteiger partial charge on any atom is -0.396 e. The summed E-state index contributed by atoms with van der Waals surface area (Å²) in [6.07, 6.45) is 1.46. The van der Waals surface area contributed by atoms with Crippen LogP contribution in [0.15, 0.2) is 22.7 Å². The zero-order valence-corrected chi connectivity index (χ0v) is 12.5. The lowest BCUT2D eigenvalue weighted by atomic mass is 9.99. The summed E-state index contributed by atoms with van der Waals surface area (Å²) in [6, 6.07) is 5.13. The molecule has 1 aliphatic rings. The normalized spacial score (nSPS) is 18.5. The minimum absolute atomic E-state index is 0.0322. The van der Waals surface area contributed by atoms with Gasteiger partial charge in [0.2, 0.25) is 0 Å². The van der Waals surface area contributed by atoms with Crippen molar-refractivity contribution in [2.75, 3.05) is 32.8 Å². The fourth-order valence-corrected chi connectivity index (χ4v) is 3.22. The van der Waals surface area contributed by atoms with E-state index in [0.29, 0.717) is 6.42 Å². The first-order valence-electron chi connectivity index (χ1n) is 6.73. The quantitative estimate of drug-likeness (QED) is 0.869. The molecule has 19 heavy (non-hydrogen) atoms. The first kappa shape index (κ1) is 14.9. The average molecular weight is 331 g/mol. The lowest BCUT2D eigenvalue weighted by molar-refractivity contribution is 0.151. The lowest BCUT2D eigenvalue weighted by Gasteiger charge is -2.35. The smallest absolute Gasteiger partial charge is 0.129 e. The number of halogens is 2. The topological polar surface area (TPSA) is 35.5 Å². The Balaban J connectivity index is 2.25. The SMILES string of the molecule is OCCC[C@H](c1c(F)cccc1Br)N1CCNCC1. The monoisotopic (exact) mass is 330 g/mol. The number of nitrogens with zero attached hydrogens (tertiary/aromatic N) is 1. The molecule has 3 nitrogen and oxygen atoms in total. The third kappa shape index (κ3) is 3.75. The molecule has 1 aliphatic heterocycles. The highest BCUT2D eigenvalue weighted by Crippen LogP contribution is 2.33. The van der Waals surface area contributed by atoms with Crippen molar-refractivity contribution in [1.29, 1.82) is 0 Å². The number of piperazine rings is 1. The van der Waals surface area contributed by atoms with Gasteiger partial charge < -0.3 is 10.4 Å². The molecule has 0 saturated carbocycles. The highest BCUT2D eigenvalue weighted by molar-refractivity contribution is 9.10. The number of nitrogens with one attached hydrogen (secondary N) is 1. The molecule has 1 heterocycles. The summed E-state index contributed by atoms with van der Waals surface area (Å²) >= 11 is 3.46. The van der Waals surface area contributed by atoms with Crippen LogP contribution in [0.25, 0.3) is 0 Å². The van der Waals surface area contributed by atoms with Gasteiger partial charge in [-0.05, 0) is 25.0 Å². The van der Waals surface area contributed by atoms with Gasteiger partial charge in [-0.25, -0.2) is 4.39 Å². The van der Waals surface area contributed by atoms with Gasteiger partial charge in [0.25, 0.3) is 0 Å². The Morgan fingerprint density at radius 1 is 1.37 bits per heavy atom. The summed E-state index contributed by atoms with van der Waals surface area (Å²) in [5.41, 5.74) is 0.720. The largest absolute Gasteiger partial charge is 0.396 e. The van der Waals surface area contributed by atoms with E-state index in [0.717, 1.165) is 42.6 Å². The van der Waals surface area contributed by atoms with Gasteiger partial charge in [0.05, 0.1) is 0 Å². The van der Waals surface area contributed by atoms with E-state index < -0.39 is 0 Å². The van der Waals surface area contributed by atoms with Gasteiger partial charge in [-0.15, -0.1) is 0 Å². The predicted molar refractivity (Wildman–Crippen MR) is 77.6 cm³/mol. The van der Waals surface area contributed by atoms with E-state index in [2.05, 4.69) is 26.1 Å². The number of hydrogen-bond acceptors (Lipinski definition) is 3. The zero-order valence-electron chi connectivity index (χ0n) is 10.9. The van der Waals surface area contributed by atoms with E-state index in [1.807, 2.05) is 6.07 Å². The molecule has 5 heteroatoms. The van der Waals surface area contributed by atoms with E-state index in [-0.39, 0.29) is 18.5 Å². The Morgan fingerprint density at radius 2 is 2.11 bits per heavy atom. The Labute approximate surface area is 121 Å². The standard InChI is InChI=1S/C14H20BrFN2O/c15-11-3-1-4-12(16)14(11)13(5-2-10-19)18-8-6-17-7-9-18/h1,3-4,13,17,19H,2,5-10H2/t13-/m1/s1. The maximum absolute atomic E-state index is 14.1. The van der Waals surface area contributed by atoms with Gasteiger partial charge in [0, 0.05) is 48.9 Å². The molecule has 0 spiro atoms. The van der Waals surface area contributed by atoms with Crippen molar-refractivity contribution in [2.24, 2.45) is 0 Å². The summed E-state index contributed by atoms with van der Waals surface area (Å²) in [5, 5.41) is 12.4. The lowest BCUT2D eigenvalue weighted by Crippen LogP contribution is -2.45. The molecule has 0 unspecified atom stereocenters. The summed E-state index contributed by atoms with van der Waals surface area (Å²) < 4.78 is 15.0. The molecular weight excluding hydrogens is 311 g/mol. The second kappa shape index (κ2) is 7.33. The maximum atomic E-state index is 14.1. The zero-order chi connectivity index (χ0) is 13.7. The maximum Gasteiger partial charge on any atom is 0.129 e. The van der Waals surface area contributed by atoms with Gasteiger partial charge in [-0.2, -0.15) is 0 Å². The van der Waals surface area contributed by atoms with E-state index in [1.165, 1.54) is 6.07 Å². The molecule has 2 rings (SSSR count). The first-order valence-corrected chi connectivity index (χ1v) is 7.53. The van der Waals surface area contributed by atoms with Crippen molar-refractivity contribution in [1.82, 2.24) is 10.2 Å². The van der Waals surface area contributed by atoms with Crippen molar-refractivity contribution >= 4 is 15.9 Å². The van der Waals surface area contributed by atoms with Crippen molar-refractivity contribution in [3.8, 4) is 0 Å². The molecule has 1 aromatic rings.